The summed E-state index contributed by atoms with van der Waals surface area (Å²) in [5.74, 6) is -1.42. The number of aromatic carboxylic acids is 1. The van der Waals surface area contributed by atoms with Crippen LogP contribution >= 0.6 is 0 Å². The minimum Gasteiger partial charge on any atom is -0.478 e. The second kappa shape index (κ2) is 7.15. The van der Waals surface area contributed by atoms with Crippen molar-refractivity contribution in [3.05, 3.63) is 83.2 Å². The number of nitrogens with zero attached hydrogens (tertiary/aromatic N) is 2. The third kappa shape index (κ3) is 3.32. The van der Waals surface area contributed by atoms with E-state index in [1.54, 1.807) is 23.4 Å². The molecular weight excluding hydrogens is 363 g/mol. The zero-order valence-electron chi connectivity index (χ0n) is 14.7. The van der Waals surface area contributed by atoms with E-state index in [2.05, 4.69) is 15.3 Å². The Labute approximate surface area is 159 Å². The molecule has 8 heteroatoms. The Morgan fingerprint density at radius 1 is 1.21 bits per heavy atom. The lowest BCUT2D eigenvalue weighted by molar-refractivity contribution is 0.0697. The van der Waals surface area contributed by atoms with Gasteiger partial charge in [-0.2, -0.15) is 0 Å². The van der Waals surface area contributed by atoms with Crippen molar-refractivity contribution in [2.24, 2.45) is 0 Å². The lowest BCUT2D eigenvalue weighted by Gasteiger charge is -2.35. The average Bonchev–Trinajstić information content (AvgIpc) is 3.16. The number of hydrogen-bond donors (Lipinski definition) is 3. The zero-order valence-corrected chi connectivity index (χ0v) is 14.7. The number of H-pyrrole nitrogens is 1. The minimum atomic E-state index is -1.04. The minimum absolute atomic E-state index is 0.134. The highest BCUT2D eigenvalue weighted by molar-refractivity contribution is 5.92. The van der Waals surface area contributed by atoms with Gasteiger partial charge in [0.1, 0.15) is 11.9 Å². The Hall–Kier alpha value is -3.68. The summed E-state index contributed by atoms with van der Waals surface area (Å²) in [6.45, 7) is 0.426. The Balaban J connectivity index is 1.63. The molecule has 3 N–H and O–H groups in total. The van der Waals surface area contributed by atoms with Crippen molar-refractivity contribution in [3.8, 4) is 0 Å². The van der Waals surface area contributed by atoms with Crippen LogP contribution in [0.4, 0.5) is 14.9 Å². The molecule has 0 unspecified atom stereocenters. The third-order valence-corrected chi connectivity index (χ3v) is 4.73. The van der Waals surface area contributed by atoms with Crippen molar-refractivity contribution in [2.75, 3.05) is 11.9 Å². The number of fused-ring (bicyclic) bond motifs is 1. The molecule has 0 aliphatic carbocycles. The summed E-state index contributed by atoms with van der Waals surface area (Å²) in [5, 5.41) is 11.8. The highest BCUT2D eigenvalue weighted by Gasteiger charge is 2.34. The van der Waals surface area contributed by atoms with Gasteiger partial charge in [-0.25, -0.2) is 19.0 Å². The predicted molar refractivity (Wildman–Crippen MR) is 99.7 cm³/mol. The number of carbonyl (C=O) groups excluding carboxylic acids is 1. The van der Waals surface area contributed by atoms with Crippen LogP contribution in [-0.4, -0.2) is 38.5 Å². The maximum atomic E-state index is 13.8. The Morgan fingerprint density at radius 3 is 2.71 bits per heavy atom. The van der Waals surface area contributed by atoms with Gasteiger partial charge in [0, 0.05) is 24.3 Å². The Kier molecular flexibility index (Phi) is 4.52. The van der Waals surface area contributed by atoms with Crippen molar-refractivity contribution in [2.45, 2.75) is 12.5 Å². The quantitative estimate of drug-likeness (QED) is 0.648. The molecule has 0 saturated heterocycles. The predicted octanol–water partition coefficient (Wildman–Crippen LogP) is 3.43. The normalized spacial score (nSPS) is 15.8. The van der Waals surface area contributed by atoms with E-state index in [4.69, 9.17) is 5.11 Å². The average molecular weight is 380 g/mol. The van der Waals surface area contributed by atoms with E-state index >= 15 is 0 Å². The van der Waals surface area contributed by atoms with Gasteiger partial charge in [0.05, 0.1) is 17.6 Å². The number of amides is 2. The summed E-state index contributed by atoms with van der Waals surface area (Å²) >= 11 is 0. The molecule has 0 saturated carbocycles. The van der Waals surface area contributed by atoms with Crippen molar-refractivity contribution >= 4 is 17.7 Å². The van der Waals surface area contributed by atoms with Gasteiger partial charge >= 0.3 is 12.0 Å². The highest BCUT2D eigenvalue weighted by Crippen LogP contribution is 2.34. The molecule has 1 aliphatic rings. The lowest BCUT2D eigenvalue weighted by Crippen LogP contribution is -2.43. The first-order valence-electron chi connectivity index (χ1n) is 8.71. The number of carboxylic acid groups (broad SMARTS) is 1. The number of carbonyl (C=O) groups is 2. The van der Waals surface area contributed by atoms with Crippen LogP contribution in [0.5, 0.6) is 0 Å². The number of carboxylic acids is 1. The molecule has 28 heavy (non-hydrogen) atoms. The van der Waals surface area contributed by atoms with Gasteiger partial charge in [0.15, 0.2) is 0 Å². The van der Waals surface area contributed by atoms with Gasteiger partial charge in [-0.1, -0.05) is 12.1 Å². The third-order valence-electron chi connectivity index (χ3n) is 4.73. The molecule has 1 aromatic heterocycles. The number of halogens is 1. The number of aromatic nitrogens is 2. The topological polar surface area (TPSA) is 98.3 Å². The highest BCUT2D eigenvalue weighted by atomic mass is 19.1. The Bertz CT molecular complexity index is 1030. The molecule has 3 aromatic rings. The SMILES string of the molecule is O=C(O)c1ccc(NC(=O)N2CCc3[nH]cnc3[C@@H]2c2cccc(F)c2)cc1. The molecule has 4 rings (SSSR count). The number of nitrogens with one attached hydrogen (secondary N) is 2. The van der Waals surface area contributed by atoms with E-state index in [-0.39, 0.29) is 17.4 Å². The number of benzene rings is 2. The van der Waals surface area contributed by atoms with Crippen molar-refractivity contribution in [1.82, 2.24) is 14.9 Å². The second-order valence-corrected chi connectivity index (χ2v) is 6.48. The molecule has 2 amide bonds. The first-order chi connectivity index (χ1) is 13.5. The van der Waals surface area contributed by atoms with Gasteiger partial charge in [-0.15, -0.1) is 0 Å². The standard InChI is InChI=1S/C20H17FN4O3/c21-14-3-1-2-13(10-14)18-17-16(22-11-23-17)8-9-25(18)20(28)24-15-6-4-12(5-7-15)19(26)27/h1-7,10-11,18H,8-9H2,(H,22,23)(H,24,28)(H,26,27)/t18-/m0/s1. The number of imidazole rings is 1. The van der Waals surface area contributed by atoms with Gasteiger partial charge in [0.2, 0.25) is 0 Å². The van der Waals surface area contributed by atoms with Gasteiger partial charge < -0.3 is 20.3 Å². The first kappa shape index (κ1) is 17.7. The molecule has 0 bridgehead atoms. The molecule has 0 spiro atoms. The number of rotatable bonds is 3. The number of aromatic amines is 1. The van der Waals surface area contributed by atoms with Crippen LogP contribution in [-0.2, 0) is 6.42 Å². The Morgan fingerprint density at radius 2 is 2.00 bits per heavy atom. The molecule has 7 nitrogen and oxygen atoms in total. The summed E-state index contributed by atoms with van der Waals surface area (Å²) in [6, 6.07) is 11.1. The molecule has 1 aliphatic heterocycles. The molecular formula is C20H17FN4O3. The van der Waals surface area contributed by atoms with Crippen LogP contribution in [0.1, 0.15) is 33.4 Å². The summed E-state index contributed by atoms with van der Waals surface area (Å²) < 4.78 is 13.8. The lowest BCUT2D eigenvalue weighted by atomic mass is 9.96. The summed E-state index contributed by atoms with van der Waals surface area (Å²) in [6.07, 6.45) is 2.18. The molecule has 142 valence electrons. The van der Waals surface area contributed by atoms with Gasteiger partial charge in [-0.3, -0.25) is 0 Å². The smallest absolute Gasteiger partial charge is 0.335 e. The molecule has 1 atom stereocenters. The summed E-state index contributed by atoms with van der Waals surface area (Å²) in [7, 11) is 0. The number of urea groups is 1. The maximum absolute atomic E-state index is 13.8. The molecule has 2 aromatic carbocycles. The van der Waals surface area contributed by atoms with Crippen molar-refractivity contribution in [3.63, 3.8) is 0 Å². The van der Waals surface area contributed by atoms with Crippen LogP contribution in [0.2, 0.25) is 0 Å². The van der Waals surface area contributed by atoms with Crippen LogP contribution in [0.25, 0.3) is 0 Å². The molecule has 0 radical (unpaired) electrons. The van der Waals surface area contributed by atoms with Crippen LogP contribution < -0.4 is 5.32 Å². The van der Waals surface area contributed by atoms with Crippen LogP contribution in [0.15, 0.2) is 54.9 Å². The van der Waals surface area contributed by atoms with E-state index in [0.29, 0.717) is 29.9 Å². The van der Waals surface area contributed by atoms with Gasteiger partial charge in [0.25, 0.3) is 0 Å². The zero-order chi connectivity index (χ0) is 19.7. The molecule has 0 fully saturated rings. The van der Waals surface area contributed by atoms with E-state index in [1.807, 2.05) is 0 Å². The van der Waals surface area contributed by atoms with E-state index in [0.717, 1.165) is 5.69 Å². The second-order valence-electron chi connectivity index (χ2n) is 6.48. The number of anilines is 1. The largest absolute Gasteiger partial charge is 0.478 e. The summed E-state index contributed by atoms with van der Waals surface area (Å²) in [5.41, 5.74) is 2.84. The van der Waals surface area contributed by atoms with E-state index in [1.165, 1.54) is 36.4 Å². The first-order valence-corrected chi connectivity index (χ1v) is 8.71. The summed E-state index contributed by atoms with van der Waals surface area (Å²) in [4.78, 5) is 32.9. The fraction of sp³-hybridized carbons (Fsp3) is 0.150. The molecule has 2 heterocycles. The van der Waals surface area contributed by atoms with Crippen molar-refractivity contribution in [1.29, 1.82) is 0 Å². The van der Waals surface area contributed by atoms with Crippen LogP contribution in [0, 0.1) is 5.82 Å². The number of hydrogen-bond acceptors (Lipinski definition) is 3. The van der Waals surface area contributed by atoms with Gasteiger partial charge in [-0.05, 0) is 42.0 Å². The monoisotopic (exact) mass is 380 g/mol. The van der Waals surface area contributed by atoms with Crippen LogP contribution in [0.3, 0.4) is 0 Å². The fourth-order valence-corrected chi connectivity index (χ4v) is 3.40. The maximum Gasteiger partial charge on any atom is 0.335 e. The van der Waals surface area contributed by atoms with E-state index < -0.39 is 12.0 Å². The van der Waals surface area contributed by atoms with Crippen molar-refractivity contribution < 1.29 is 19.1 Å². The fourth-order valence-electron chi connectivity index (χ4n) is 3.40. The van der Waals surface area contributed by atoms with E-state index in [9.17, 15) is 14.0 Å².